The lowest BCUT2D eigenvalue weighted by molar-refractivity contribution is -0.00632. The van der Waals surface area contributed by atoms with Crippen LogP contribution in [0.4, 0.5) is 10.6 Å². The average Bonchev–Trinajstić information content (AvgIpc) is 3.56. The van der Waals surface area contributed by atoms with Crippen molar-refractivity contribution < 1.29 is 20.7 Å². The van der Waals surface area contributed by atoms with E-state index in [1.807, 2.05) is 24.3 Å². The second kappa shape index (κ2) is 8.19. The van der Waals surface area contributed by atoms with Gasteiger partial charge in [-0.15, -0.1) is 0 Å². The minimum Gasteiger partial charge on any atom is -0.448 e. The molecule has 6 rings (SSSR count). The SMILES string of the molecule is [2H]C[C@H]1O[C@@H](n2cnc3c(NC(=O)OCC4c5ccccc5-c5ccccc54)ncnc32)CC1O. The normalized spacial score (nSPS) is 21.8. The van der Waals surface area contributed by atoms with Crippen LogP contribution in [0.5, 0.6) is 0 Å². The van der Waals surface area contributed by atoms with Gasteiger partial charge in [0.05, 0.1) is 18.5 Å². The number of imidazole rings is 1. The van der Waals surface area contributed by atoms with Gasteiger partial charge in [-0.1, -0.05) is 48.5 Å². The summed E-state index contributed by atoms with van der Waals surface area (Å²) >= 11 is 0. The third-order valence-corrected chi connectivity index (χ3v) is 6.44. The number of aliphatic hydroxyl groups excluding tert-OH is 1. The zero-order valence-electron chi connectivity index (χ0n) is 19.2. The van der Waals surface area contributed by atoms with Crippen molar-refractivity contribution in [3.05, 3.63) is 72.3 Å². The monoisotopic (exact) mass is 458 g/mol. The molecule has 2 N–H and O–H groups in total. The van der Waals surface area contributed by atoms with E-state index in [-0.39, 0.29) is 25.2 Å². The van der Waals surface area contributed by atoms with Crippen LogP contribution in [0.3, 0.4) is 0 Å². The molecule has 34 heavy (non-hydrogen) atoms. The van der Waals surface area contributed by atoms with Crippen LogP contribution in [0.2, 0.25) is 0 Å². The quantitative estimate of drug-likeness (QED) is 0.478. The highest BCUT2D eigenvalue weighted by Gasteiger charge is 2.33. The Labute approximate surface area is 196 Å². The number of carbonyl (C=O) groups excluding carboxylic acids is 1. The highest BCUT2D eigenvalue weighted by molar-refractivity contribution is 5.93. The van der Waals surface area contributed by atoms with Crippen molar-refractivity contribution in [2.75, 3.05) is 11.9 Å². The molecule has 2 aromatic carbocycles. The van der Waals surface area contributed by atoms with Gasteiger partial charge in [-0.05, 0) is 29.2 Å². The van der Waals surface area contributed by atoms with Crippen LogP contribution in [0, 0.1) is 0 Å². The number of amides is 1. The minimum atomic E-state index is -0.727. The summed E-state index contributed by atoms with van der Waals surface area (Å²) in [5, 5.41) is 12.8. The van der Waals surface area contributed by atoms with E-state index in [2.05, 4.69) is 44.5 Å². The third-order valence-electron chi connectivity index (χ3n) is 6.44. The molecule has 1 fully saturated rings. The molecule has 3 heterocycles. The minimum absolute atomic E-state index is 0.0339. The van der Waals surface area contributed by atoms with Crippen LogP contribution in [0.1, 0.15) is 38.0 Å². The maximum absolute atomic E-state index is 12.7. The van der Waals surface area contributed by atoms with Gasteiger partial charge in [-0.2, -0.15) is 0 Å². The first-order chi connectivity index (χ1) is 17.1. The van der Waals surface area contributed by atoms with Crippen LogP contribution < -0.4 is 5.32 Å². The van der Waals surface area contributed by atoms with Gasteiger partial charge in [0.25, 0.3) is 0 Å². The maximum atomic E-state index is 12.7. The van der Waals surface area contributed by atoms with E-state index in [4.69, 9.17) is 10.8 Å². The standard InChI is InChI=1S/C25H23N5O4/c1-14-20(31)10-21(34-14)30-13-28-22-23(26-12-27-24(22)30)29-25(32)33-11-19-17-8-4-2-6-15(17)16-7-3-5-9-18(16)19/h2-9,12-14,19-21,31H,10-11H2,1H3,(H,26,27,29,32)/t14-,20?,21-/m1/s1/i1D. The molecule has 4 aromatic rings. The number of ether oxygens (including phenoxy) is 2. The van der Waals surface area contributed by atoms with Crippen molar-refractivity contribution >= 4 is 23.1 Å². The van der Waals surface area contributed by atoms with E-state index in [9.17, 15) is 9.90 Å². The molecule has 0 spiro atoms. The molecule has 1 unspecified atom stereocenters. The van der Waals surface area contributed by atoms with Gasteiger partial charge in [0, 0.05) is 13.7 Å². The van der Waals surface area contributed by atoms with Crippen LogP contribution in [0.15, 0.2) is 61.2 Å². The van der Waals surface area contributed by atoms with Gasteiger partial charge in [0.2, 0.25) is 0 Å². The number of fused-ring (bicyclic) bond motifs is 4. The lowest BCUT2D eigenvalue weighted by atomic mass is 9.98. The molecule has 0 saturated carbocycles. The molecule has 1 aliphatic heterocycles. The Morgan fingerprint density at radius 1 is 1.18 bits per heavy atom. The lowest BCUT2D eigenvalue weighted by Gasteiger charge is -2.14. The molecule has 2 aromatic heterocycles. The molecule has 172 valence electrons. The fraction of sp³-hybridized carbons (Fsp3) is 0.280. The molecule has 9 nitrogen and oxygen atoms in total. The number of aliphatic hydroxyl groups is 1. The van der Waals surface area contributed by atoms with Crippen LogP contribution >= 0.6 is 0 Å². The van der Waals surface area contributed by atoms with E-state index < -0.39 is 24.5 Å². The lowest BCUT2D eigenvalue weighted by Crippen LogP contribution is -2.19. The second-order valence-electron chi connectivity index (χ2n) is 8.43. The Hall–Kier alpha value is -3.82. The first-order valence-corrected chi connectivity index (χ1v) is 11.1. The fourth-order valence-corrected chi connectivity index (χ4v) is 4.77. The van der Waals surface area contributed by atoms with Gasteiger partial charge in [-0.25, -0.2) is 19.7 Å². The molecule has 1 aliphatic carbocycles. The summed E-state index contributed by atoms with van der Waals surface area (Å²) in [7, 11) is 0. The summed E-state index contributed by atoms with van der Waals surface area (Å²) in [6, 6.07) is 16.3. The molecule has 0 radical (unpaired) electrons. The Bertz CT molecular complexity index is 1360. The molecule has 9 heteroatoms. The average molecular weight is 458 g/mol. The molecule has 1 amide bonds. The van der Waals surface area contributed by atoms with Gasteiger partial charge in [-0.3, -0.25) is 9.88 Å². The number of aromatic nitrogens is 4. The Morgan fingerprint density at radius 2 is 1.91 bits per heavy atom. The molecular formula is C25H23N5O4. The van der Waals surface area contributed by atoms with Gasteiger partial charge >= 0.3 is 6.09 Å². The molecule has 2 aliphatic rings. The number of benzene rings is 2. The number of nitrogens with one attached hydrogen (secondary N) is 1. The van der Waals surface area contributed by atoms with Crippen LogP contribution in [0.25, 0.3) is 22.3 Å². The number of hydrogen-bond donors (Lipinski definition) is 2. The highest BCUT2D eigenvalue weighted by Crippen LogP contribution is 2.44. The summed E-state index contributed by atoms with van der Waals surface area (Å²) < 4.78 is 20.6. The van der Waals surface area contributed by atoms with Crippen molar-refractivity contribution in [2.45, 2.75) is 37.7 Å². The summed E-state index contributed by atoms with van der Waals surface area (Å²) in [6.07, 6.45) is 0.770. The first-order valence-electron chi connectivity index (χ1n) is 11.8. The Kier molecular flexibility index (Phi) is 4.73. The number of anilines is 1. The first kappa shape index (κ1) is 19.6. The van der Waals surface area contributed by atoms with Crippen molar-refractivity contribution in [3.63, 3.8) is 0 Å². The number of hydrogen-bond acceptors (Lipinski definition) is 7. The largest absolute Gasteiger partial charge is 0.448 e. The smallest absolute Gasteiger partial charge is 0.412 e. The van der Waals surface area contributed by atoms with Crippen molar-refractivity contribution in [1.29, 1.82) is 0 Å². The van der Waals surface area contributed by atoms with Crippen LogP contribution in [-0.2, 0) is 9.47 Å². The molecule has 0 bridgehead atoms. The van der Waals surface area contributed by atoms with Gasteiger partial charge < -0.3 is 14.6 Å². The summed E-state index contributed by atoms with van der Waals surface area (Å²) in [6.45, 7) is 0.152. The predicted molar refractivity (Wildman–Crippen MR) is 124 cm³/mol. The number of nitrogens with zero attached hydrogens (tertiary/aromatic N) is 4. The maximum Gasteiger partial charge on any atom is 0.412 e. The van der Waals surface area contributed by atoms with Crippen LogP contribution in [-0.4, -0.2) is 49.5 Å². The molecule has 3 atom stereocenters. The molecule has 1 saturated heterocycles. The zero-order valence-corrected chi connectivity index (χ0v) is 18.2. The van der Waals surface area contributed by atoms with E-state index in [1.54, 1.807) is 4.57 Å². The topological polar surface area (TPSA) is 111 Å². The zero-order chi connectivity index (χ0) is 23.9. The van der Waals surface area contributed by atoms with Crippen molar-refractivity contribution in [3.8, 4) is 11.1 Å². The summed E-state index contributed by atoms with van der Waals surface area (Å²) in [5.74, 6) is 0.176. The second-order valence-corrected chi connectivity index (χ2v) is 8.43. The van der Waals surface area contributed by atoms with Gasteiger partial charge in [0.1, 0.15) is 19.2 Å². The van der Waals surface area contributed by atoms with E-state index in [0.717, 1.165) is 22.3 Å². The van der Waals surface area contributed by atoms with E-state index >= 15 is 0 Å². The van der Waals surface area contributed by atoms with Crippen molar-refractivity contribution in [1.82, 2.24) is 19.5 Å². The summed E-state index contributed by atoms with van der Waals surface area (Å²) in [5.41, 5.74) is 5.42. The Morgan fingerprint density at radius 3 is 2.62 bits per heavy atom. The summed E-state index contributed by atoms with van der Waals surface area (Å²) in [4.78, 5) is 25.5. The van der Waals surface area contributed by atoms with Gasteiger partial charge in [0.15, 0.2) is 17.0 Å². The van der Waals surface area contributed by atoms with E-state index in [0.29, 0.717) is 17.6 Å². The fourth-order valence-electron chi connectivity index (χ4n) is 4.77. The van der Waals surface area contributed by atoms with E-state index in [1.165, 1.54) is 12.7 Å². The molecular weight excluding hydrogens is 434 g/mol. The highest BCUT2D eigenvalue weighted by atomic mass is 16.5. The van der Waals surface area contributed by atoms with Crippen molar-refractivity contribution in [2.24, 2.45) is 0 Å². The third kappa shape index (κ3) is 3.41. The predicted octanol–water partition coefficient (Wildman–Crippen LogP) is 3.86. The number of carbonyl (C=O) groups is 1. The number of rotatable bonds is 4. The Balaban J connectivity index is 1.18.